The van der Waals surface area contributed by atoms with Crippen molar-refractivity contribution in [1.29, 1.82) is 0 Å². The minimum atomic E-state index is -0.411. The number of hydrogen-bond donors (Lipinski definition) is 1. The molecule has 0 radical (unpaired) electrons. The first-order valence-electron chi connectivity index (χ1n) is 8.09. The third-order valence-electron chi connectivity index (χ3n) is 4.34. The molecule has 2 fully saturated rings. The second-order valence-corrected chi connectivity index (χ2v) is 5.91. The first kappa shape index (κ1) is 15.8. The van der Waals surface area contributed by atoms with Crippen molar-refractivity contribution in [3.8, 4) is 0 Å². The van der Waals surface area contributed by atoms with Crippen molar-refractivity contribution >= 4 is 23.3 Å². The number of methoxy groups -OCH3 is 1. The summed E-state index contributed by atoms with van der Waals surface area (Å²) in [5.41, 5.74) is 2.02. The van der Waals surface area contributed by atoms with Gasteiger partial charge in [-0.05, 0) is 43.9 Å². The molecule has 124 valence electrons. The number of carbonyl (C=O) groups excluding carboxylic acids is 2. The van der Waals surface area contributed by atoms with Gasteiger partial charge in [0.25, 0.3) is 5.91 Å². The molecule has 1 aromatic rings. The summed E-state index contributed by atoms with van der Waals surface area (Å²) in [5.74, 6) is -0.560. The first-order valence-corrected chi connectivity index (χ1v) is 8.09. The van der Waals surface area contributed by atoms with Crippen LogP contribution in [0.2, 0.25) is 0 Å². The molecule has 6 nitrogen and oxygen atoms in total. The van der Waals surface area contributed by atoms with Crippen molar-refractivity contribution < 1.29 is 19.1 Å². The maximum Gasteiger partial charge on any atom is 0.337 e. The lowest BCUT2D eigenvalue weighted by Crippen LogP contribution is -2.28. The smallest absolute Gasteiger partial charge is 0.337 e. The number of nitrogens with zero attached hydrogens (tertiary/aromatic N) is 1. The number of hydrogen-bond acceptors (Lipinski definition) is 5. The van der Waals surface area contributed by atoms with E-state index in [1.165, 1.54) is 7.11 Å². The molecule has 1 amide bonds. The Bertz CT molecular complexity index is 590. The molecule has 2 heterocycles. The van der Waals surface area contributed by atoms with Crippen LogP contribution in [0.5, 0.6) is 0 Å². The normalized spacial score (nSPS) is 20.6. The Kier molecular flexibility index (Phi) is 4.81. The van der Waals surface area contributed by atoms with Gasteiger partial charge in [0.2, 0.25) is 0 Å². The van der Waals surface area contributed by atoms with Gasteiger partial charge in [-0.2, -0.15) is 0 Å². The topological polar surface area (TPSA) is 67.9 Å². The summed E-state index contributed by atoms with van der Waals surface area (Å²) in [4.78, 5) is 26.4. The minimum absolute atomic E-state index is 0.148. The van der Waals surface area contributed by atoms with Crippen LogP contribution in [0, 0.1) is 0 Å². The number of ether oxygens (including phenoxy) is 2. The quantitative estimate of drug-likeness (QED) is 0.862. The van der Waals surface area contributed by atoms with Crippen molar-refractivity contribution in [2.24, 2.45) is 0 Å². The largest absolute Gasteiger partial charge is 0.465 e. The summed E-state index contributed by atoms with van der Waals surface area (Å²) >= 11 is 0. The molecular formula is C17H22N2O4. The maximum absolute atomic E-state index is 12.4. The summed E-state index contributed by atoms with van der Waals surface area (Å²) in [6.07, 6.45) is 3.51. The highest BCUT2D eigenvalue weighted by molar-refractivity contribution is 6.00. The van der Waals surface area contributed by atoms with Crippen LogP contribution in [0.25, 0.3) is 0 Å². The average molecular weight is 318 g/mol. The Labute approximate surface area is 135 Å². The molecule has 0 aliphatic carbocycles. The van der Waals surface area contributed by atoms with Crippen molar-refractivity contribution in [3.63, 3.8) is 0 Å². The predicted molar refractivity (Wildman–Crippen MR) is 86.8 cm³/mol. The Balaban J connectivity index is 1.86. The molecule has 6 heteroatoms. The molecule has 1 atom stereocenters. The van der Waals surface area contributed by atoms with Gasteiger partial charge in [-0.3, -0.25) is 4.79 Å². The predicted octanol–water partition coefficient (Wildman–Crippen LogP) is 2.19. The van der Waals surface area contributed by atoms with Gasteiger partial charge in [0, 0.05) is 19.7 Å². The molecule has 1 aromatic carbocycles. The highest BCUT2D eigenvalue weighted by Gasteiger charge is 2.25. The van der Waals surface area contributed by atoms with Crippen molar-refractivity contribution in [2.75, 3.05) is 37.0 Å². The fraction of sp³-hybridized carbons (Fsp3) is 0.529. The molecule has 0 aromatic heterocycles. The number of benzene rings is 1. The summed E-state index contributed by atoms with van der Waals surface area (Å²) in [6, 6.07) is 5.30. The van der Waals surface area contributed by atoms with E-state index in [4.69, 9.17) is 9.47 Å². The zero-order chi connectivity index (χ0) is 16.2. The van der Waals surface area contributed by atoms with Crippen LogP contribution >= 0.6 is 0 Å². The summed E-state index contributed by atoms with van der Waals surface area (Å²) in [5, 5.41) is 2.94. The molecule has 1 N–H and O–H groups in total. The monoisotopic (exact) mass is 318 g/mol. The lowest BCUT2D eigenvalue weighted by molar-refractivity contribution is -0.124. The van der Waals surface area contributed by atoms with E-state index >= 15 is 0 Å². The second kappa shape index (κ2) is 7.00. The Hall–Kier alpha value is -2.08. The average Bonchev–Trinajstić information content (AvgIpc) is 3.27. The van der Waals surface area contributed by atoms with E-state index < -0.39 is 12.1 Å². The molecule has 2 aliphatic heterocycles. The van der Waals surface area contributed by atoms with Crippen molar-refractivity contribution in [3.05, 3.63) is 23.8 Å². The van der Waals surface area contributed by atoms with E-state index in [9.17, 15) is 9.59 Å². The fourth-order valence-electron chi connectivity index (χ4n) is 3.11. The van der Waals surface area contributed by atoms with E-state index in [-0.39, 0.29) is 5.91 Å². The molecule has 2 aliphatic rings. The van der Waals surface area contributed by atoms with Gasteiger partial charge in [0.05, 0.1) is 24.0 Å². The van der Waals surface area contributed by atoms with Crippen LogP contribution in [-0.4, -0.2) is 44.8 Å². The zero-order valence-electron chi connectivity index (χ0n) is 13.3. The number of esters is 1. The van der Waals surface area contributed by atoms with Gasteiger partial charge < -0.3 is 19.7 Å². The van der Waals surface area contributed by atoms with Gasteiger partial charge in [0.1, 0.15) is 6.10 Å². The lowest BCUT2D eigenvalue weighted by atomic mass is 10.1. The van der Waals surface area contributed by atoms with E-state index in [0.29, 0.717) is 17.9 Å². The van der Waals surface area contributed by atoms with Crippen LogP contribution in [0.4, 0.5) is 11.4 Å². The number of amides is 1. The Morgan fingerprint density at radius 2 is 2.04 bits per heavy atom. The van der Waals surface area contributed by atoms with E-state index in [0.717, 1.165) is 44.5 Å². The summed E-state index contributed by atoms with van der Waals surface area (Å²) in [7, 11) is 1.35. The van der Waals surface area contributed by atoms with Crippen LogP contribution in [0.15, 0.2) is 18.2 Å². The molecule has 0 saturated carbocycles. The highest BCUT2D eigenvalue weighted by atomic mass is 16.5. The standard InChI is InChI=1S/C17H22N2O4/c1-22-17(21)12-6-7-14(19-8-2-3-9-19)13(11-12)18-16(20)15-5-4-10-23-15/h6-7,11,15H,2-5,8-10H2,1H3,(H,18,20). The summed E-state index contributed by atoms with van der Waals surface area (Å²) in [6.45, 7) is 2.54. The van der Waals surface area contributed by atoms with Crippen LogP contribution in [0.1, 0.15) is 36.0 Å². The maximum atomic E-state index is 12.4. The van der Waals surface area contributed by atoms with Gasteiger partial charge in [-0.15, -0.1) is 0 Å². The summed E-state index contributed by atoms with van der Waals surface area (Å²) < 4.78 is 10.2. The number of nitrogens with one attached hydrogen (secondary N) is 1. The number of rotatable bonds is 4. The van der Waals surface area contributed by atoms with Gasteiger partial charge in [-0.25, -0.2) is 4.79 Å². The lowest BCUT2D eigenvalue weighted by Gasteiger charge is -2.23. The van der Waals surface area contributed by atoms with E-state index in [1.807, 2.05) is 6.07 Å². The molecule has 0 bridgehead atoms. The third kappa shape index (κ3) is 3.47. The minimum Gasteiger partial charge on any atom is -0.465 e. The molecule has 3 rings (SSSR count). The molecule has 1 unspecified atom stereocenters. The van der Waals surface area contributed by atoms with Gasteiger partial charge in [0.15, 0.2) is 0 Å². The van der Waals surface area contributed by atoms with Crippen molar-refractivity contribution in [1.82, 2.24) is 0 Å². The Morgan fingerprint density at radius 3 is 2.70 bits per heavy atom. The zero-order valence-corrected chi connectivity index (χ0v) is 13.3. The first-order chi connectivity index (χ1) is 11.2. The molecular weight excluding hydrogens is 296 g/mol. The van der Waals surface area contributed by atoms with Crippen LogP contribution in [0.3, 0.4) is 0 Å². The highest BCUT2D eigenvalue weighted by Crippen LogP contribution is 2.31. The molecule has 23 heavy (non-hydrogen) atoms. The molecule has 0 spiro atoms. The van der Waals surface area contributed by atoms with Crippen LogP contribution < -0.4 is 10.2 Å². The van der Waals surface area contributed by atoms with Gasteiger partial charge >= 0.3 is 5.97 Å². The Morgan fingerprint density at radius 1 is 1.26 bits per heavy atom. The van der Waals surface area contributed by atoms with E-state index in [1.54, 1.807) is 12.1 Å². The molecule has 2 saturated heterocycles. The fourth-order valence-corrected chi connectivity index (χ4v) is 3.11. The second-order valence-electron chi connectivity index (χ2n) is 5.91. The van der Waals surface area contributed by atoms with Gasteiger partial charge in [-0.1, -0.05) is 0 Å². The van der Waals surface area contributed by atoms with Crippen LogP contribution in [-0.2, 0) is 14.3 Å². The number of anilines is 2. The SMILES string of the molecule is COC(=O)c1ccc(N2CCCC2)c(NC(=O)C2CCCO2)c1. The number of carbonyl (C=O) groups is 2. The van der Waals surface area contributed by atoms with Crippen molar-refractivity contribution in [2.45, 2.75) is 31.8 Å². The third-order valence-corrected chi connectivity index (χ3v) is 4.34. The van der Waals surface area contributed by atoms with E-state index in [2.05, 4.69) is 10.2 Å².